The lowest BCUT2D eigenvalue weighted by atomic mass is 9.96. The van der Waals surface area contributed by atoms with Gasteiger partial charge in [-0.3, -0.25) is 4.79 Å². The molecule has 17 heavy (non-hydrogen) atoms. The van der Waals surface area contributed by atoms with Gasteiger partial charge in [0.05, 0.1) is 13.0 Å². The number of carbonyl (C=O) groups is 1. The van der Waals surface area contributed by atoms with E-state index < -0.39 is 11.9 Å². The molecule has 4 heteroatoms. The summed E-state index contributed by atoms with van der Waals surface area (Å²) in [6.07, 6.45) is 0.604. The van der Waals surface area contributed by atoms with Crippen LogP contribution < -0.4 is 4.74 Å². The highest BCUT2D eigenvalue weighted by molar-refractivity contribution is 7.17. The van der Waals surface area contributed by atoms with Gasteiger partial charge < -0.3 is 9.84 Å². The second-order valence-corrected chi connectivity index (χ2v) is 4.76. The van der Waals surface area contributed by atoms with Crippen LogP contribution in [0.3, 0.4) is 0 Å². The average Bonchev–Trinajstić information content (AvgIpc) is 2.73. The second kappa shape index (κ2) is 4.75. The van der Waals surface area contributed by atoms with Gasteiger partial charge in [0, 0.05) is 4.70 Å². The molecule has 0 saturated carbocycles. The van der Waals surface area contributed by atoms with Crippen molar-refractivity contribution in [2.75, 3.05) is 7.11 Å². The quantitative estimate of drug-likeness (QED) is 0.903. The maximum Gasteiger partial charge on any atom is 0.311 e. The van der Waals surface area contributed by atoms with Crippen LogP contribution in [0.5, 0.6) is 5.75 Å². The molecule has 0 fully saturated rings. The molecule has 0 spiro atoms. The van der Waals surface area contributed by atoms with Gasteiger partial charge in [-0.05, 0) is 40.9 Å². The lowest BCUT2D eigenvalue weighted by molar-refractivity contribution is -0.138. The van der Waals surface area contributed by atoms with E-state index in [0.717, 1.165) is 21.4 Å². The standard InChI is InChI=1S/C13H14O3S/c1-3-9(13(14)15)11-7-17-12-6-8(16-2)4-5-10(11)12/h4-7,9H,3H2,1-2H3,(H,14,15). The van der Waals surface area contributed by atoms with Crippen molar-refractivity contribution in [2.45, 2.75) is 19.3 Å². The number of hydrogen-bond donors (Lipinski definition) is 1. The van der Waals surface area contributed by atoms with E-state index in [-0.39, 0.29) is 0 Å². The molecule has 1 unspecified atom stereocenters. The van der Waals surface area contributed by atoms with E-state index in [9.17, 15) is 9.90 Å². The summed E-state index contributed by atoms with van der Waals surface area (Å²) in [4.78, 5) is 11.2. The van der Waals surface area contributed by atoms with E-state index in [1.165, 1.54) is 0 Å². The summed E-state index contributed by atoms with van der Waals surface area (Å²) < 4.78 is 6.22. The first-order valence-electron chi connectivity index (χ1n) is 5.45. The zero-order chi connectivity index (χ0) is 12.4. The molecular weight excluding hydrogens is 236 g/mol. The van der Waals surface area contributed by atoms with Crippen LogP contribution >= 0.6 is 11.3 Å². The van der Waals surface area contributed by atoms with Crippen LogP contribution in [0.25, 0.3) is 10.1 Å². The molecule has 0 aliphatic rings. The highest BCUT2D eigenvalue weighted by atomic mass is 32.1. The molecule has 0 aliphatic carbocycles. The van der Waals surface area contributed by atoms with Crippen LogP contribution in [-0.4, -0.2) is 18.2 Å². The molecule has 0 saturated heterocycles. The number of carboxylic acids is 1. The first-order chi connectivity index (χ1) is 8.17. The summed E-state index contributed by atoms with van der Waals surface area (Å²) in [5, 5.41) is 12.1. The van der Waals surface area contributed by atoms with Gasteiger partial charge in [-0.2, -0.15) is 0 Å². The van der Waals surface area contributed by atoms with Gasteiger partial charge in [-0.1, -0.05) is 6.92 Å². The Bertz CT molecular complexity index is 545. The van der Waals surface area contributed by atoms with Gasteiger partial charge in [-0.25, -0.2) is 0 Å². The number of methoxy groups -OCH3 is 1. The van der Waals surface area contributed by atoms with Crippen molar-refractivity contribution in [1.29, 1.82) is 0 Å². The van der Waals surface area contributed by atoms with Crippen LogP contribution in [0.2, 0.25) is 0 Å². The Hall–Kier alpha value is -1.55. The lowest BCUT2D eigenvalue weighted by Gasteiger charge is -2.08. The van der Waals surface area contributed by atoms with E-state index >= 15 is 0 Å². The highest BCUT2D eigenvalue weighted by Gasteiger charge is 2.21. The van der Waals surface area contributed by atoms with E-state index in [0.29, 0.717) is 6.42 Å². The van der Waals surface area contributed by atoms with E-state index in [1.54, 1.807) is 18.4 Å². The molecule has 1 atom stereocenters. The Labute approximate surface area is 104 Å². The number of carboxylic acid groups (broad SMARTS) is 1. The fraction of sp³-hybridized carbons (Fsp3) is 0.308. The molecule has 90 valence electrons. The minimum absolute atomic E-state index is 0.419. The van der Waals surface area contributed by atoms with Crippen molar-refractivity contribution in [3.05, 3.63) is 29.1 Å². The molecule has 0 amide bonds. The highest BCUT2D eigenvalue weighted by Crippen LogP contribution is 2.35. The van der Waals surface area contributed by atoms with Gasteiger partial charge in [0.25, 0.3) is 0 Å². The summed E-state index contributed by atoms with van der Waals surface area (Å²) in [5.74, 6) is -0.380. The molecule has 1 aromatic heterocycles. The van der Waals surface area contributed by atoms with Crippen LogP contribution in [-0.2, 0) is 4.79 Å². The van der Waals surface area contributed by atoms with Crippen LogP contribution in [0.15, 0.2) is 23.6 Å². The van der Waals surface area contributed by atoms with Gasteiger partial charge >= 0.3 is 5.97 Å². The number of fused-ring (bicyclic) bond motifs is 1. The van der Waals surface area contributed by atoms with Crippen molar-refractivity contribution in [3.63, 3.8) is 0 Å². The van der Waals surface area contributed by atoms with Gasteiger partial charge in [-0.15, -0.1) is 11.3 Å². The molecule has 3 nitrogen and oxygen atoms in total. The molecule has 1 N–H and O–H groups in total. The van der Waals surface area contributed by atoms with Crippen molar-refractivity contribution in [2.24, 2.45) is 0 Å². The molecule has 1 aromatic carbocycles. The molecular formula is C13H14O3S. The smallest absolute Gasteiger partial charge is 0.311 e. The van der Waals surface area contributed by atoms with Crippen molar-refractivity contribution >= 4 is 27.4 Å². The predicted molar refractivity (Wildman–Crippen MR) is 69.0 cm³/mol. The van der Waals surface area contributed by atoms with Crippen molar-refractivity contribution in [3.8, 4) is 5.75 Å². The van der Waals surface area contributed by atoms with E-state index in [2.05, 4.69) is 0 Å². The number of rotatable bonds is 4. The summed E-state index contributed by atoms with van der Waals surface area (Å²) in [5.41, 5.74) is 0.905. The summed E-state index contributed by atoms with van der Waals surface area (Å²) >= 11 is 1.56. The predicted octanol–water partition coefficient (Wildman–Crippen LogP) is 3.49. The third-order valence-corrected chi connectivity index (χ3v) is 3.86. The van der Waals surface area contributed by atoms with Crippen LogP contribution in [0.1, 0.15) is 24.8 Å². The van der Waals surface area contributed by atoms with Crippen molar-refractivity contribution < 1.29 is 14.6 Å². The number of benzene rings is 1. The third kappa shape index (κ3) is 2.13. The summed E-state index contributed by atoms with van der Waals surface area (Å²) in [7, 11) is 1.63. The Morgan fingerprint density at radius 2 is 2.29 bits per heavy atom. The first kappa shape index (κ1) is 11.9. The zero-order valence-electron chi connectivity index (χ0n) is 9.77. The molecule has 0 radical (unpaired) electrons. The number of ether oxygens (including phenoxy) is 1. The monoisotopic (exact) mass is 250 g/mol. The Morgan fingerprint density at radius 3 is 2.88 bits per heavy atom. The van der Waals surface area contributed by atoms with Crippen molar-refractivity contribution in [1.82, 2.24) is 0 Å². The van der Waals surface area contributed by atoms with E-state index in [1.807, 2.05) is 30.5 Å². The first-order valence-corrected chi connectivity index (χ1v) is 6.33. The van der Waals surface area contributed by atoms with Crippen LogP contribution in [0, 0.1) is 0 Å². The lowest BCUT2D eigenvalue weighted by Crippen LogP contribution is -2.09. The molecule has 0 aliphatic heterocycles. The topological polar surface area (TPSA) is 46.5 Å². The number of thiophene rings is 1. The Kier molecular flexibility index (Phi) is 3.33. The maximum absolute atomic E-state index is 11.2. The number of aliphatic carboxylic acids is 1. The average molecular weight is 250 g/mol. The normalized spacial score (nSPS) is 12.6. The van der Waals surface area contributed by atoms with Gasteiger partial charge in [0.15, 0.2) is 0 Å². The Balaban J connectivity index is 2.52. The van der Waals surface area contributed by atoms with E-state index in [4.69, 9.17) is 4.74 Å². The van der Waals surface area contributed by atoms with Gasteiger partial charge in [0.1, 0.15) is 5.75 Å². The zero-order valence-corrected chi connectivity index (χ0v) is 10.6. The molecule has 1 heterocycles. The largest absolute Gasteiger partial charge is 0.497 e. The molecule has 2 rings (SSSR count). The van der Waals surface area contributed by atoms with Gasteiger partial charge in [0.2, 0.25) is 0 Å². The fourth-order valence-corrected chi connectivity index (χ4v) is 3.00. The number of hydrogen-bond acceptors (Lipinski definition) is 3. The van der Waals surface area contributed by atoms with Crippen LogP contribution in [0.4, 0.5) is 0 Å². The Morgan fingerprint density at radius 1 is 1.53 bits per heavy atom. The summed E-state index contributed by atoms with van der Waals surface area (Å²) in [6.45, 7) is 1.89. The minimum Gasteiger partial charge on any atom is -0.497 e. The second-order valence-electron chi connectivity index (χ2n) is 3.85. The molecule has 0 bridgehead atoms. The SMILES string of the molecule is CCC(C(=O)O)c1csc2cc(OC)ccc12. The maximum atomic E-state index is 11.2. The fourth-order valence-electron chi connectivity index (χ4n) is 1.95. The summed E-state index contributed by atoms with van der Waals surface area (Å²) in [6, 6.07) is 5.75. The minimum atomic E-state index is -0.761. The third-order valence-electron chi connectivity index (χ3n) is 2.89. The molecule has 2 aromatic rings.